The van der Waals surface area contributed by atoms with Gasteiger partial charge in [-0.05, 0) is 0 Å². The van der Waals surface area contributed by atoms with E-state index in [1.165, 1.54) is 6.07 Å². The standard InChI is InChI=1S/C10H5AsF8/c11-7(12,6-4-2-1-3-5-6)8(13,14)9(15,16)10(17,18)19/h1-5H/q+1. The fourth-order valence-electron chi connectivity index (χ4n) is 1.23. The Bertz CT molecular complexity index is 437. The topological polar surface area (TPSA) is 0 Å². The average molecular weight is 352 g/mol. The Balaban J connectivity index is 3.34. The van der Waals surface area contributed by atoms with Crippen LogP contribution >= 0.6 is 0 Å². The molecule has 0 saturated carbocycles. The molecule has 1 atom stereocenters. The average Bonchev–Trinajstić information content (AvgIpc) is 2.28. The van der Waals surface area contributed by atoms with Crippen LogP contribution in [0, 0.1) is 0 Å². The van der Waals surface area contributed by atoms with Crippen molar-refractivity contribution in [1.29, 1.82) is 0 Å². The van der Waals surface area contributed by atoms with Gasteiger partial charge in [-0.1, -0.05) is 0 Å². The molecule has 0 aliphatic heterocycles. The molecule has 105 valence electrons. The molecule has 0 aliphatic carbocycles. The van der Waals surface area contributed by atoms with Gasteiger partial charge in [0.1, 0.15) is 0 Å². The van der Waals surface area contributed by atoms with Crippen LogP contribution < -0.4 is 0 Å². The van der Waals surface area contributed by atoms with Gasteiger partial charge in [-0.3, -0.25) is 0 Å². The molecule has 1 rings (SSSR count). The number of halogens is 8. The van der Waals surface area contributed by atoms with Crippen LogP contribution in [0.3, 0.4) is 0 Å². The summed E-state index contributed by atoms with van der Waals surface area (Å²) >= 11 is 0.540. The molecule has 0 nitrogen and oxygen atoms in total. The van der Waals surface area contributed by atoms with Crippen LogP contribution in [0.4, 0.5) is 35.1 Å². The number of benzene rings is 1. The molecule has 0 saturated heterocycles. The Labute approximate surface area is 111 Å². The number of alkyl halides is 8. The first kappa shape index (κ1) is 16.3. The minimum absolute atomic E-state index is 0.540. The van der Waals surface area contributed by atoms with E-state index in [-0.39, 0.29) is 0 Å². The number of hydrogen-bond donors (Lipinski definition) is 0. The van der Waals surface area contributed by atoms with Crippen LogP contribution in [-0.4, -0.2) is 34.9 Å². The van der Waals surface area contributed by atoms with Gasteiger partial charge in [-0.15, -0.1) is 0 Å². The molecule has 3 radical (unpaired) electrons. The van der Waals surface area contributed by atoms with Gasteiger partial charge in [0.2, 0.25) is 0 Å². The normalized spacial score (nSPS) is 17.1. The van der Waals surface area contributed by atoms with Gasteiger partial charge in [0.25, 0.3) is 0 Å². The van der Waals surface area contributed by atoms with Crippen LogP contribution in [0.5, 0.6) is 0 Å². The van der Waals surface area contributed by atoms with Crippen LogP contribution in [0.2, 0.25) is 0 Å². The molecule has 0 spiro atoms. The Morgan fingerprint density at radius 3 is 1.47 bits per heavy atom. The van der Waals surface area contributed by atoms with E-state index < -0.39 is 28.0 Å². The van der Waals surface area contributed by atoms with Crippen molar-refractivity contribution in [3.8, 4) is 0 Å². The first-order valence-corrected chi connectivity index (χ1v) is 5.58. The minimum atomic E-state index is -6.57. The molecule has 19 heavy (non-hydrogen) atoms. The van der Waals surface area contributed by atoms with Crippen LogP contribution in [0.25, 0.3) is 0 Å². The molecule has 1 aromatic rings. The van der Waals surface area contributed by atoms with Gasteiger partial charge in [0.15, 0.2) is 0 Å². The van der Waals surface area contributed by atoms with Gasteiger partial charge in [0, 0.05) is 0 Å². The molecule has 9 heteroatoms. The van der Waals surface area contributed by atoms with Crippen LogP contribution in [0.15, 0.2) is 30.3 Å². The van der Waals surface area contributed by atoms with Crippen molar-refractivity contribution in [2.75, 3.05) is 0 Å². The molecule has 0 heterocycles. The summed E-state index contributed by atoms with van der Waals surface area (Å²) in [4.78, 5) is 0. The maximum absolute atomic E-state index is 13.9. The van der Waals surface area contributed by atoms with Gasteiger partial charge in [-0.25, -0.2) is 0 Å². The Morgan fingerprint density at radius 1 is 0.684 bits per heavy atom. The number of rotatable bonds is 3. The fraction of sp³-hybridized carbons (Fsp3) is 0.400. The molecule has 0 N–H and O–H groups in total. The summed E-state index contributed by atoms with van der Waals surface area (Å²) in [7, 11) is 0. The van der Waals surface area contributed by atoms with Crippen molar-refractivity contribution in [3.63, 3.8) is 0 Å². The summed E-state index contributed by atoms with van der Waals surface area (Å²) < 4.78 is 97.7. The second-order valence-electron chi connectivity index (χ2n) is 3.63. The molecular formula is C10H5AsF8+. The summed E-state index contributed by atoms with van der Waals surface area (Å²) in [6.07, 6.45) is -6.57. The Morgan fingerprint density at radius 2 is 1.11 bits per heavy atom. The number of hydrogen-bond acceptors (Lipinski definition) is 0. The molecular weight excluding hydrogens is 347 g/mol. The molecule has 0 fully saturated rings. The summed E-state index contributed by atoms with van der Waals surface area (Å²) in [5.41, 5.74) is -0.996. The summed E-state index contributed by atoms with van der Waals surface area (Å²) in [5.74, 6) is -12.5. The molecule has 0 amide bonds. The predicted molar refractivity (Wildman–Crippen MR) is 50.9 cm³/mol. The van der Waals surface area contributed by atoms with Crippen LogP contribution in [-0.2, 0) is 4.46 Å². The van der Waals surface area contributed by atoms with Crippen molar-refractivity contribution in [2.24, 2.45) is 0 Å². The van der Waals surface area contributed by atoms with Crippen molar-refractivity contribution in [1.82, 2.24) is 0 Å². The van der Waals surface area contributed by atoms with E-state index in [2.05, 4.69) is 0 Å². The van der Waals surface area contributed by atoms with E-state index in [4.69, 9.17) is 0 Å². The third kappa shape index (κ3) is 2.47. The Hall–Kier alpha value is -0.782. The second kappa shape index (κ2) is 4.65. The van der Waals surface area contributed by atoms with Gasteiger partial charge in [-0.2, -0.15) is 0 Å². The molecule has 0 bridgehead atoms. The maximum atomic E-state index is 13.9. The van der Waals surface area contributed by atoms with Gasteiger partial charge in [0.05, 0.1) is 0 Å². The predicted octanol–water partition coefficient (Wildman–Crippen LogP) is 3.81. The summed E-state index contributed by atoms with van der Waals surface area (Å²) in [5, 5.41) is 0. The second-order valence-corrected chi connectivity index (χ2v) is 4.93. The van der Waals surface area contributed by atoms with E-state index >= 15 is 0 Å². The quantitative estimate of drug-likeness (QED) is 0.573. The zero-order valence-corrected chi connectivity index (χ0v) is 10.7. The van der Waals surface area contributed by atoms with Crippen molar-refractivity contribution in [2.45, 2.75) is 22.5 Å². The van der Waals surface area contributed by atoms with Crippen molar-refractivity contribution < 1.29 is 35.1 Å². The van der Waals surface area contributed by atoms with Crippen molar-refractivity contribution in [3.05, 3.63) is 35.9 Å². The van der Waals surface area contributed by atoms with E-state index in [1.54, 1.807) is 0 Å². The van der Waals surface area contributed by atoms with Crippen LogP contribution in [0.1, 0.15) is 5.56 Å². The molecule has 1 aromatic carbocycles. The monoisotopic (exact) mass is 352 g/mol. The molecule has 0 aliphatic rings. The molecule has 0 aromatic heterocycles. The van der Waals surface area contributed by atoms with E-state index in [0.29, 0.717) is 29.0 Å². The third-order valence-electron chi connectivity index (χ3n) is 2.32. The fourth-order valence-corrected chi connectivity index (χ4v) is 1.83. The van der Waals surface area contributed by atoms with E-state index in [9.17, 15) is 35.1 Å². The first-order valence-electron chi connectivity index (χ1n) is 4.65. The zero-order chi connectivity index (χ0) is 15.1. The first-order chi connectivity index (χ1) is 8.36. The van der Waals surface area contributed by atoms with Gasteiger partial charge >= 0.3 is 110 Å². The third-order valence-corrected chi connectivity index (χ3v) is 3.45. The Kier molecular flexibility index (Phi) is 3.98. The summed E-state index contributed by atoms with van der Waals surface area (Å²) in [6.45, 7) is 0. The van der Waals surface area contributed by atoms with E-state index in [1.807, 2.05) is 0 Å². The zero-order valence-electron chi connectivity index (χ0n) is 8.86. The summed E-state index contributed by atoms with van der Waals surface area (Å²) in [6, 6.07) is 4.74. The van der Waals surface area contributed by atoms with Crippen molar-refractivity contribution >= 4 is 16.9 Å². The van der Waals surface area contributed by atoms with Gasteiger partial charge < -0.3 is 0 Å². The SMILES string of the molecule is FC(F)(F)C(F)(F)C(F)(F)C(F)([As+])c1ccccc1. The van der Waals surface area contributed by atoms with E-state index in [0.717, 1.165) is 12.1 Å². The molecule has 1 unspecified atom stereocenters.